The zero-order valence-corrected chi connectivity index (χ0v) is 25.7. The molecule has 2 N–H and O–H groups in total. The van der Waals surface area contributed by atoms with Gasteiger partial charge < -0.3 is 24.8 Å². The largest absolute Gasteiger partial charge is 0.462 e. The molecule has 1 saturated heterocycles. The molecule has 4 rings (SSSR count). The van der Waals surface area contributed by atoms with E-state index in [9.17, 15) is 27.2 Å². The first-order chi connectivity index (χ1) is 20.1. The van der Waals surface area contributed by atoms with Gasteiger partial charge in [0.2, 0.25) is 11.9 Å². The second kappa shape index (κ2) is 12.8. The molecule has 0 bridgehead atoms. The monoisotopic (exact) mass is 645 g/mol. The molecule has 1 aliphatic heterocycles. The first-order valence-corrected chi connectivity index (χ1v) is 14.5. The van der Waals surface area contributed by atoms with E-state index in [-0.39, 0.29) is 76.1 Å². The summed E-state index contributed by atoms with van der Waals surface area (Å²) in [6, 6.07) is 6.09. The molecule has 2 aromatic carbocycles. The summed E-state index contributed by atoms with van der Waals surface area (Å²) in [6.45, 7) is 6.26. The number of halogens is 6. The van der Waals surface area contributed by atoms with E-state index >= 15 is 0 Å². The summed E-state index contributed by atoms with van der Waals surface area (Å²) >= 11 is 13.1. The van der Waals surface area contributed by atoms with Crippen molar-refractivity contribution in [2.24, 2.45) is 5.41 Å². The lowest BCUT2D eigenvalue weighted by molar-refractivity contribution is -0.128. The van der Waals surface area contributed by atoms with Gasteiger partial charge in [-0.05, 0) is 30.7 Å². The summed E-state index contributed by atoms with van der Waals surface area (Å²) in [5.74, 6) is -3.75. The molecular formula is C29H33Cl2F4N5O3. The molecule has 0 saturated carbocycles. The number of ether oxygens (including phenoxy) is 1. The predicted molar refractivity (Wildman–Crippen MR) is 159 cm³/mol. The molecular weight excluding hydrogens is 613 g/mol. The van der Waals surface area contributed by atoms with Crippen LogP contribution < -0.4 is 15.5 Å². The Balaban J connectivity index is 1.78. The fourth-order valence-electron chi connectivity index (χ4n) is 4.69. The highest BCUT2D eigenvalue weighted by Gasteiger charge is 2.35. The molecule has 234 valence electrons. The maximum atomic E-state index is 13.9. The van der Waals surface area contributed by atoms with Crippen LogP contribution in [-0.4, -0.2) is 53.5 Å². The number of amides is 1. The minimum atomic E-state index is -2.83. The number of imidazole rings is 1. The van der Waals surface area contributed by atoms with Gasteiger partial charge in [0.05, 0.1) is 51.2 Å². The number of hydrogen-bond donors (Lipinski definition) is 2. The van der Waals surface area contributed by atoms with E-state index in [1.54, 1.807) is 44.7 Å². The number of carbonyl (C=O) groups is 2. The Morgan fingerprint density at radius 1 is 1.14 bits per heavy atom. The van der Waals surface area contributed by atoms with E-state index in [1.807, 2.05) is 0 Å². The minimum absolute atomic E-state index is 0.0351. The number of hydrogen-bond acceptors (Lipinski definition) is 6. The van der Waals surface area contributed by atoms with Gasteiger partial charge in [0, 0.05) is 37.9 Å². The number of rotatable bonds is 9. The first-order valence-electron chi connectivity index (χ1n) is 13.8. The molecule has 0 spiro atoms. The van der Waals surface area contributed by atoms with Crippen molar-refractivity contribution < 1.29 is 31.9 Å². The number of anilines is 3. The van der Waals surface area contributed by atoms with Crippen LogP contribution in [0.4, 0.5) is 34.9 Å². The number of benzene rings is 2. The SMILES string of the molecule is CCOC(=O)c1cc2nc(Nc3c(Cl)ccc(CNC(=O)C(C)(C)C)c3Cl)n(CC(F)F)c2cc1N1CCC(F)(F)CC1. The van der Waals surface area contributed by atoms with Gasteiger partial charge in [-0.3, -0.25) is 4.79 Å². The molecule has 1 aromatic heterocycles. The Kier molecular flexibility index (Phi) is 9.70. The van der Waals surface area contributed by atoms with E-state index in [4.69, 9.17) is 27.9 Å². The number of carbonyl (C=O) groups excluding carboxylic acids is 2. The molecule has 0 aliphatic carbocycles. The van der Waals surface area contributed by atoms with E-state index in [2.05, 4.69) is 15.6 Å². The van der Waals surface area contributed by atoms with Gasteiger partial charge in [0.25, 0.3) is 12.3 Å². The Morgan fingerprint density at radius 2 is 1.81 bits per heavy atom. The van der Waals surface area contributed by atoms with Crippen LogP contribution in [0.25, 0.3) is 11.0 Å². The lowest BCUT2D eigenvalue weighted by atomic mass is 9.95. The topological polar surface area (TPSA) is 88.5 Å². The number of nitrogens with one attached hydrogen (secondary N) is 2. The number of alkyl halides is 4. The van der Waals surface area contributed by atoms with Crippen molar-refractivity contribution in [3.8, 4) is 0 Å². The standard InChI is InChI=1S/C29H33Cl2F4N5O3/c1-5-43-25(41)17-12-19-21(13-20(17)39-10-8-29(34,35)9-11-39)40(15-22(32)33)27(37-19)38-24-18(30)7-6-16(23(24)31)14-36-26(42)28(2,3)4/h6-7,12-13,22H,5,8-11,14-15H2,1-4H3,(H,36,42)(H,37,38). The van der Waals surface area contributed by atoms with Gasteiger partial charge in [-0.2, -0.15) is 0 Å². The van der Waals surface area contributed by atoms with Gasteiger partial charge >= 0.3 is 5.97 Å². The minimum Gasteiger partial charge on any atom is -0.462 e. The van der Waals surface area contributed by atoms with Crippen molar-refractivity contribution in [2.75, 3.05) is 29.9 Å². The van der Waals surface area contributed by atoms with Gasteiger partial charge in [-0.25, -0.2) is 27.3 Å². The zero-order valence-electron chi connectivity index (χ0n) is 24.2. The third kappa shape index (κ3) is 7.46. The van der Waals surface area contributed by atoms with Crippen LogP contribution in [0.3, 0.4) is 0 Å². The van der Waals surface area contributed by atoms with Crippen LogP contribution in [-0.2, 0) is 22.6 Å². The first kappa shape index (κ1) is 32.7. The highest BCUT2D eigenvalue weighted by molar-refractivity contribution is 6.39. The van der Waals surface area contributed by atoms with E-state index < -0.39 is 43.1 Å². The van der Waals surface area contributed by atoms with Crippen molar-refractivity contribution in [3.63, 3.8) is 0 Å². The second-order valence-corrected chi connectivity index (χ2v) is 12.1. The molecule has 0 radical (unpaired) electrons. The lowest BCUT2D eigenvalue weighted by Crippen LogP contribution is -2.40. The third-order valence-corrected chi connectivity index (χ3v) is 7.79. The molecule has 1 aliphatic rings. The highest BCUT2D eigenvalue weighted by Crippen LogP contribution is 2.39. The third-order valence-electron chi connectivity index (χ3n) is 7.05. The number of fused-ring (bicyclic) bond motifs is 1. The molecule has 1 fully saturated rings. The molecule has 14 heteroatoms. The van der Waals surface area contributed by atoms with Gasteiger partial charge in [0.1, 0.15) is 0 Å². The Morgan fingerprint density at radius 3 is 2.42 bits per heavy atom. The van der Waals surface area contributed by atoms with Crippen molar-refractivity contribution in [1.29, 1.82) is 0 Å². The summed E-state index contributed by atoms with van der Waals surface area (Å²) < 4.78 is 61.9. The molecule has 2 heterocycles. The number of piperidine rings is 1. The molecule has 0 atom stereocenters. The number of nitrogens with zero attached hydrogens (tertiary/aromatic N) is 3. The van der Waals surface area contributed by atoms with Crippen molar-refractivity contribution >= 4 is 63.4 Å². The molecule has 3 aromatic rings. The van der Waals surface area contributed by atoms with Gasteiger partial charge in [0.15, 0.2) is 0 Å². The molecule has 8 nitrogen and oxygen atoms in total. The van der Waals surface area contributed by atoms with E-state index in [0.29, 0.717) is 5.56 Å². The molecule has 43 heavy (non-hydrogen) atoms. The van der Waals surface area contributed by atoms with Crippen molar-refractivity contribution in [3.05, 3.63) is 45.4 Å². The fourth-order valence-corrected chi connectivity index (χ4v) is 5.22. The Bertz CT molecular complexity index is 1510. The quantitative estimate of drug-likeness (QED) is 0.186. The van der Waals surface area contributed by atoms with Gasteiger partial charge in [-0.15, -0.1) is 0 Å². The number of aromatic nitrogens is 2. The average Bonchev–Trinajstić information content (AvgIpc) is 3.24. The van der Waals surface area contributed by atoms with Gasteiger partial charge in [-0.1, -0.05) is 50.0 Å². The maximum absolute atomic E-state index is 13.9. The Hall–Kier alpha value is -3.25. The smallest absolute Gasteiger partial charge is 0.340 e. The van der Waals surface area contributed by atoms with Crippen LogP contribution in [0, 0.1) is 5.41 Å². The van der Waals surface area contributed by atoms with Crippen LogP contribution in [0.5, 0.6) is 0 Å². The highest BCUT2D eigenvalue weighted by atomic mass is 35.5. The van der Waals surface area contributed by atoms with Crippen LogP contribution in [0.2, 0.25) is 10.0 Å². The van der Waals surface area contributed by atoms with Crippen LogP contribution >= 0.6 is 23.2 Å². The van der Waals surface area contributed by atoms with E-state index in [1.165, 1.54) is 16.7 Å². The predicted octanol–water partition coefficient (Wildman–Crippen LogP) is 7.43. The summed E-state index contributed by atoms with van der Waals surface area (Å²) in [7, 11) is 0. The summed E-state index contributed by atoms with van der Waals surface area (Å²) in [4.78, 5) is 31.4. The Labute approximate surface area is 256 Å². The maximum Gasteiger partial charge on any atom is 0.340 e. The zero-order chi connectivity index (χ0) is 31.7. The summed E-state index contributed by atoms with van der Waals surface area (Å²) in [6.07, 6.45) is -3.62. The molecule has 0 unspecified atom stereocenters. The summed E-state index contributed by atoms with van der Waals surface area (Å²) in [5.41, 5.74) is 0.882. The fraction of sp³-hybridized carbons (Fsp3) is 0.483. The molecule has 1 amide bonds. The lowest BCUT2D eigenvalue weighted by Gasteiger charge is -2.34. The van der Waals surface area contributed by atoms with Crippen LogP contribution in [0.15, 0.2) is 24.3 Å². The van der Waals surface area contributed by atoms with Crippen molar-refractivity contribution in [2.45, 2.75) is 66.0 Å². The second-order valence-electron chi connectivity index (χ2n) is 11.3. The average molecular weight is 647 g/mol. The summed E-state index contributed by atoms with van der Waals surface area (Å²) in [5, 5.41) is 6.09. The number of esters is 1. The van der Waals surface area contributed by atoms with Crippen LogP contribution in [0.1, 0.15) is 56.5 Å². The van der Waals surface area contributed by atoms with E-state index in [0.717, 1.165) is 0 Å². The normalized spacial score (nSPS) is 15.2. The van der Waals surface area contributed by atoms with Crippen molar-refractivity contribution in [1.82, 2.24) is 14.9 Å².